The Labute approximate surface area is 109 Å². The van der Waals surface area contributed by atoms with Crippen molar-refractivity contribution in [2.45, 2.75) is 58.0 Å². The Morgan fingerprint density at radius 3 is 2.53 bits per heavy atom. The molecule has 0 aliphatic rings. The van der Waals surface area contributed by atoms with Gasteiger partial charge in [0.05, 0.1) is 6.61 Å². The van der Waals surface area contributed by atoms with E-state index in [1.807, 2.05) is 6.26 Å². The zero-order valence-electron chi connectivity index (χ0n) is 11.1. The highest BCUT2D eigenvalue weighted by atomic mass is 32.2. The molecule has 0 aromatic carbocycles. The Kier molecular flexibility index (Phi) is 12.1. The molecule has 0 rings (SSSR count). The molecule has 17 heavy (non-hydrogen) atoms. The van der Waals surface area contributed by atoms with Crippen LogP contribution in [-0.4, -0.2) is 35.8 Å². The Morgan fingerprint density at radius 2 is 1.88 bits per heavy atom. The molecular formula is C13H26O3S. The van der Waals surface area contributed by atoms with E-state index in [-0.39, 0.29) is 0 Å². The fourth-order valence-corrected chi connectivity index (χ4v) is 1.96. The summed E-state index contributed by atoms with van der Waals surface area (Å²) in [6, 6.07) is 0. The fourth-order valence-electron chi connectivity index (χ4n) is 1.50. The topological polar surface area (TPSA) is 46.5 Å². The number of hydrogen-bond acceptors (Lipinski definition) is 4. The second-order valence-corrected chi connectivity index (χ2v) is 5.22. The van der Waals surface area contributed by atoms with Crippen molar-refractivity contribution in [1.82, 2.24) is 0 Å². The van der Waals surface area contributed by atoms with Crippen molar-refractivity contribution in [3.63, 3.8) is 0 Å². The highest BCUT2D eigenvalue weighted by Crippen LogP contribution is 2.06. The number of thioether (sulfide) groups is 1. The molecule has 0 amide bonds. The zero-order valence-corrected chi connectivity index (χ0v) is 11.9. The van der Waals surface area contributed by atoms with Gasteiger partial charge in [-0.25, -0.2) is 4.79 Å². The lowest BCUT2D eigenvalue weighted by molar-refractivity contribution is -0.153. The van der Waals surface area contributed by atoms with Crippen LogP contribution in [0.4, 0.5) is 0 Å². The molecule has 1 N–H and O–H groups in total. The molecule has 0 saturated carbocycles. The summed E-state index contributed by atoms with van der Waals surface area (Å²) in [5, 5.41) is 9.43. The van der Waals surface area contributed by atoms with Crippen LogP contribution in [0.25, 0.3) is 0 Å². The molecule has 4 heteroatoms. The lowest BCUT2D eigenvalue weighted by Gasteiger charge is -2.09. The number of unbranched alkanes of at least 4 members (excludes halogenated alkanes) is 5. The predicted molar refractivity (Wildman–Crippen MR) is 73.3 cm³/mol. The quantitative estimate of drug-likeness (QED) is 0.459. The zero-order chi connectivity index (χ0) is 12.9. The van der Waals surface area contributed by atoms with Gasteiger partial charge in [0.25, 0.3) is 0 Å². The Hall–Kier alpha value is -0.220. The van der Waals surface area contributed by atoms with Crippen LogP contribution < -0.4 is 0 Å². The summed E-state index contributed by atoms with van der Waals surface area (Å²) in [5.41, 5.74) is 0. The third kappa shape index (κ3) is 10.6. The number of carbonyl (C=O) groups is 1. The number of carbonyl (C=O) groups excluding carboxylic acids is 1. The van der Waals surface area contributed by atoms with Crippen LogP contribution in [0.1, 0.15) is 51.9 Å². The van der Waals surface area contributed by atoms with Crippen LogP contribution in [-0.2, 0) is 9.53 Å². The summed E-state index contributed by atoms with van der Waals surface area (Å²) in [5.74, 6) is 0.320. The lowest BCUT2D eigenvalue weighted by Crippen LogP contribution is -2.24. The normalized spacial score (nSPS) is 12.4. The molecule has 0 bridgehead atoms. The monoisotopic (exact) mass is 262 g/mol. The fraction of sp³-hybridized carbons (Fsp3) is 0.923. The van der Waals surface area contributed by atoms with Crippen LogP contribution in [0.3, 0.4) is 0 Å². The molecule has 1 atom stereocenters. The number of esters is 1. The number of hydrogen-bond donors (Lipinski definition) is 1. The Morgan fingerprint density at radius 1 is 1.24 bits per heavy atom. The van der Waals surface area contributed by atoms with Crippen molar-refractivity contribution in [1.29, 1.82) is 0 Å². The summed E-state index contributed by atoms with van der Waals surface area (Å²) in [7, 11) is 0. The SMILES string of the molecule is CCCCCCCCOC(=O)[C@@H](O)CCSC. The van der Waals surface area contributed by atoms with Crippen molar-refractivity contribution in [3.8, 4) is 0 Å². The summed E-state index contributed by atoms with van der Waals surface area (Å²) in [6.45, 7) is 2.64. The van der Waals surface area contributed by atoms with Crippen molar-refractivity contribution in [2.24, 2.45) is 0 Å². The standard InChI is InChI=1S/C13H26O3S/c1-3-4-5-6-7-8-10-16-13(15)12(14)9-11-17-2/h12,14H,3-11H2,1-2H3/t12-/m0/s1. The summed E-state index contributed by atoms with van der Waals surface area (Å²) >= 11 is 1.62. The van der Waals surface area contributed by atoms with Gasteiger partial charge in [0, 0.05) is 0 Å². The van der Waals surface area contributed by atoms with Gasteiger partial charge >= 0.3 is 5.97 Å². The second-order valence-electron chi connectivity index (χ2n) is 4.23. The molecule has 0 unspecified atom stereocenters. The van der Waals surface area contributed by atoms with Gasteiger partial charge in [-0.2, -0.15) is 11.8 Å². The van der Waals surface area contributed by atoms with E-state index in [1.165, 1.54) is 25.7 Å². The van der Waals surface area contributed by atoms with E-state index in [0.29, 0.717) is 13.0 Å². The van der Waals surface area contributed by atoms with E-state index in [2.05, 4.69) is 6.92 Å². The van der Waals surface area contributed by atoms with E-state index >= 15 is 0 Å². The van der Waals surface area contributed by atoms with Gasteiger partial charge in [0.15, 0.2) is 6.10 Å². The Balaban J connectivity index is 3.32. The Bertz CT molecular complexity index is 186. The highest BCUT2D eigenvalue weighted by molar-refractivity contribution is 7.98. The van der Waals surface area contributed by atoms with Gasteiger partial charge in [0.2, 0.25) is 0 Å². The largest absolute Gasteiger partial charge is 0.464 e. The molecule has 102 valence electrons. The third-order valence-corrected chi connectivity index (χ3v) is 3.25. The third-order valence-electron chi connectivity index (χ3n) is 2.61. The van der Waals surface area contributed by atoms with E-state index < -0.39 is 12.1 Å². The summed E-state index contributed by atoms with van der Waals surface area (Å²) in [6.07, 6.45) is 8.51. The van der Waals surface area contributed by atoms with Crippen LogP contribution in [0.15, 0.2) is 0 Å². The van der Waals surface area contributed by atoms with Gasteiger partial charge in [0.1, 0.15) is 0 Å². The maximum Gasteiger partial charge on any atom is 0.334 e. The molecule has 0 aliphatic heterocycles. The molecule has 0 fully saturated rings. The van der Waals surface area contributed by atoms with E-state index in [1.54, 1.807) is 11.8 Å². The maximum absolute atomic E-state index is 11.3. The van der Waals surface area contributed by atoms with Crippen LogP contribution in [0.5, 0.6) is 0 Å². The van der Waals surface area contributed by atoms with E-state index in [9.17, 15) is 9.90 Å². The average Bonchev–Trinajstić information content (AvgIpc) is 2.34. The van der Waals surface area contributed by atoms with Crippen molar-refractivity contribution < 1.29 is 14.6 Å². The summed E-state index contributed by atoms with van der Waals surface area (Å²) in [4.78, 5) is 11.3. The van der Waals surface area contributed by atoms with Gasteiger partial charge in [-0.05, 0) is 24.9 Å². The smallest absolute Gasteiger partial charge is 0.334 e. The van der Waals surface area contributed by atoms with E-state index in [4.69, 9.17) is 4.74 Å². The van der Waals surface area contributed by atoms with E-state index in [0.717, 1.165) is 18.6 Å². The number of aliphatic hydroxyl groups is 1. The second kappa shape index (κ2) is 12.2. The van der Waals surface area contributed by atoms with Crippen LogP contribution >= 0.6 is 11.8 Å². The molecule has 0 spiro atoms. The van der Waals surface area contributed by atoms with Crippen molar-refractivity contribution >= 4 is 17.7 Å². The molecule has 0 aromatic heterocycles. The van der Waals surface area contributed by atoms with Crippen LogP contribution in [0, 0.1) is 0 Å². The van der Waals surface area contributed by atoms with Gasteiger partial charge in [-0.15, -0.1) is 0 Å². The first-order valence-corrected chi connectivity index (χ1v) is 7.95. The molecule has 0 heterocycles. The molecule has 0 radical (unpaired) electrons. The molecule has 3 nitrogen and oxygen atoms in total. The van der Waals surface area contributed by atoms with Gasteiger partial charge < -0.3 is 9.84 Å². The number of rotatable bonds is 11. The minimum atomic E-state index is -0.942. The average molecular weight is 262 g/mol. The van der Waals surface area contributed by atoms with Crippen molar-refractivity contribution in [3.05, 3.63) is 0 Å². The van der Waals surface area contributed by atoms with Crippen molar-refractivity contribution in [2.75, 3.05) is 18.6 Å². The van der Waals surface area contributed by atoms with Gasteiger partial charge in [-0.1, -0.05) is 39.0 Å². The first-order chi connectivity index (χ1) is 8.22. The number of aliphatic hydroxyl groups excluding tert-OH is 1. The van der Waals surface area contributed by atoms with Gasteiger partial charge in [-0.3, -0.25) is 0 Å². The van der Waals surface area contributed by atoms with Crippen LogP contribution in [0.2, 0.25) is 0 Å². The lowest BCUT2D eigenvalue weighted by atomic mass is 10.1. The summed E-state index contributed by atoms with van der Waals surface area (Å²) < 4.78 is 5.01. The first kappa shape index (κ1) is 16.8. The first-order valence-electron chi connectivity index (χ1n) is 6.56. The molecule has 0 aliphatic carbocycles. The maximum atomic E-state index is 11.3. The predicted octanol–water partition coefficient (Wildman–Crippen LogP) is 3.00. The minimum Gasteiger partial charge on any atom is -0.464 e. The molecule has 0 aromatic rings. The highest BCUT2D eigenvalue weighted by Gasteiger charge is 2.15. The minimum absolute atomic E-state index is 0.446. The number of ether oxygens (including phenoxy) is 1. The molecule has 0 saturated heterocycles. The molecular weight excluding hydrogens is 236 g/mol.